The van der Waals surface area contributed by atoms with Crippen molar-refractivity contribution in [3.63, 3.8) is 0 Å². The first-order chi connectivity index (χ1) is 21.7. The van der Waals surface area contributed by atoms with Gasteiger partial charge in [0.15, 0.2) is 0 Å². The Labute approximate surface area is 260 Å². The van der Waals surface area contributed by atoms with Crippen LogP contribution in [0.4, 0.5) is 0 Å². The van der Waals surface area contributed by atoms with Gasteiger partial charge >= 0.3 is 0 Å². The van der Waals surface area contributed by atoms with Crippen LogP contribution >= 0.6 is 0 Å². The molecule has 0 unspecified atom stereocenters. The van der Waals surface area contributed by atoms with Gasteiger partial charge in [0.1, 0.15) is 11.5 Å². The number of benzene rings is 6. The highest BCUT2D eigenvalue weighted by molar-refractivity contribution is 6.14. The minimum atomic E-state index is 0.841. The Kier molecular flexibility index (Phi) is 9.65. The Morgan fingerprint density at radius 3 is 1.16 bits per heavy atom. The molecule has 0 spiro atoms. The molecule has 44 heavy (non-hydrogen) atoms. The molecule has 0 amide bonds. The maximum absolute atomic E-state index is 6.23. The summed E-state index contributed by atoms with van der Waals surface area (Å²) in [6.07, 6.45) is 0. The lowest BCUT2D eigenvalue weighted by Gasteiger charge is -2.22. The van der Waals surface area contributed by atoms with Crippen LogP contribution < -0.4 is 9.47 Å². The minimum Gasteiger partial charge on any atom is -0.495 e. The minimum absolute atomic E-state index is 0.841. The lowest BCUT2D eigenvalue weighted by atomic mass is 9.86. The molecule has 0 fully saturated rings. The Hall–Kier alpha value is -5.88. The zero-order valence-electron chi connectivity index (χ0n) is 25.4. The molecule has 0 aliphatic carbocycles. The molecule has 0 aliphatic rings. The van der Waals surface area contributed by atoms with Crippen molar-refractivity contribution in [1.82, 2.24) is 0 Å². The summed E-state index contributed by atoms with van der Waals surface area (Å²) < 4.78 is 12.5. The van der Waals surface area contributed by atoms with Gasteiger partial charge in [-0.2, -0.15) is 0 Å². The highest BCUT2D eigenvalue weighted by Crippen LogP contribution is 2.52. The SMILES string of the molecule is CC#CC#CC#CC.COc1c(-c2ccccc2)cc2ccccc2c1-c1c(OC)c(-c2ccccc2)cc2ccccc12. The van der Waals surface area contributed by atoms with Crippen molar-refractivity contribution >= 4 is 21.5 Å². The third kappa shape index (κ3) is 6.15. The number of hydrogen-bond donors (Lipinski definition) is 0. The highest BCUT2D eigenvalue weighted by atomic mass is 16.5. The molecule has 0 saturated carbocycles. The fraction of sp³-hybridized carbons (Fsp3) is 0.0952. The molecule has 0 atom stereocenters. The van der Waals surface area contributed by atoms with E-state index in [4.69, 9.17) is 9.47 Å². The van der Waals surface area contributed by atoms with Gasteiger partial charge in [0, 0.05) is 22.3 Å². The van der Waals surface area contributed by atoms with Crippen LogP contribution in [-0.2, 0) is 0 Å². The van der Waals surface area contributed by atoms with Crippen LogP contribution in [-0.4, -0.2) is 14.2 Å². The second-order valence-corrected chi connectivity index (χ2v) is 9.84. The van der Waals surface area contributed by atoms with Gasteiger partial charge in [-0.3, -0.25) is 0 Å². The highest BCUT2D eigenvalue weighted by Gasteiger charge is 2.24. The van der Waals surface area contributed by atoms with Crippen molar-refractivity contribution in [2.75, 3.05) is 14.2 Å². The Morgan fingerprint density at radius 2 is 0.795 bits per heavy atom. The fourth-order valence-corrected chi connectivity index (χ4v) is 5.43. The van der Waals surface area contributed by atoms with E-state index in [0.717, 1.165) is 66.4 Å². The van der Waals surface area contributed by atoms with Crippen LogP contribution in [0.25, 0.3) is 54.9 Å². The molecule has 0 heterocycles. The second-order valence-electron chi connectivity index (χ2n) is 9.84. The van der Waals surface area contributed by atoms with Crippen molar-refractivity contribution in [3.05, 3.63) is 121 Å². The molecule has 0 aliphatic heterocycles. The first kappa shape index (κ1) is 29.6. The molecule has 0 saturated heterocycles. The molecule has 6 aromatic rings. The van der Waals surface area contributed by atoms with Crippen LogP contribution in [0.5, 0.6) is 11.5 Å². The van der Waals surface area contributed by atoms with Crippen molar-refractivity contribution < 1.29 is 9.47 Å². The molecule has 2 nitrogen and oxygen atoms in total. The van der Waals surface area contributed by atoms with Crippen LogP contribution in [0.1, 0.15) is 13.8 Å². The average Bonchev–Trinajstić information content (AvgIpc) is 3.09. The predicted octanol–water partition coefficient (Wildman–Crippen LogP) is 10.0. The number of ether oxygens (including phenoxy) is 2. The molecule has 0 radical (unpaired) electrons. The summed E-state index contributed by atoms with van der Waals surface area (Å²) in [5, 5.41) is 4.57. The standard InChI is InChI=1S/C34H26O2.C8H6/c1-35-33-29(23-13-5-3-6-14-23)21-25-17-9-11-19-27(25)31(33)32-28-20-12-10-18-26(28)22-30(34(32)36-2)24-15-7-4-8-16-24;1-3-5-7-8-6-4-2/h3-22H,1-2H3;1-2H3. The van der Waals surface area contributed by atoms with Crippen LogP contribution in [0.15, 0.2) is 121 Å². The zero-order chi connectivity index (χ0) is 30.7. The van der Waals surface area contributed by atoms with E-state index in [1.165, 1.54) is 0 Å². The summed E-state index contributed by atoms with van der Waals surface area (Å²) in [4.78, 5) is 0. The smallest absolute Gasteiger partial charge is 0.135 e. The Balaban J connectivity index is 0.000000426. The van der Waals surface area contributed by atoms with E-state index in [2.05, 4.69) is 145 Å². The van der Waals surface area contributed by atoms with E-state index in [0.29, 0.717) is 0 Å². The maximum Gasteiger partial charge on any atom is 0.135 e. The van der Waals surface area contributed by atoms with Gasteiger partial charge in [0.25, 0.3) is 0 Å². The molecule has 2 heteroatoms. The second kappa shape index (κ2) is 14.3. The number of hydrogen-bond acceptors (Lipinski definition) is 2. The van der Waals surface area contributed by atoms with Gasteiger partial charge in [0.2, 0.25) is 0 Å². The number of methoxy groups -OCH3 is 2. The lowest BCUT2D eigenvalue weighted by Crippen LogP contribution is -1.99. The van der Waals surface area contributed by atoms with Crippen LogP contribution in [0, 0.1) is 35.5 Å². The quantitative estimate of drug-likeness (QED) is 0.193. The zero-order valence-corrected chi connectivity index (χ0v) is 25.4. The normalized spacial score (nSPS) is 9.73. The van der Waals surface area contributed by atoms with Gasteiger partial charge in [-0.15, -0.1) is 0 Å². The van der Waals surface area contributed by atoms with Crippen LogP contribution in [0.3, 0.4) is 0 Å². The van der Waals surface area contributed by atoms with Gasteiger partial charge in [0.05, 0.1) is 14.2 Å². The molecular formula is C42H32O2. The third-order valence-electron chi connectivity index (χ3n) is 7.27. The summed E-state index contributed by atoms with van der Waals surface area (Å²) in [7, 11) is 3.52. The first-order valence-electron chi connectivity index (χ1n) is 14.4. The van der Waals surface area contributed by atoms with E-state index < -0.39 is 0 Å². The van der Waals surface area contributed by atoms with Crippen molar-refractivity contribution in [1.29, 1.82) is 0 Å². The van der Waals surface area contributed by atoms with Gasteiger partial charge in [-0.05, 0) is 82.3 Å². The van der Waals surface area contributed by atoms with Gasteiger partial charge in [-0.25, -0.2) is 0 Å². The average molecular weight is 569 g/mol. The van der Waals surface area contributed by atoms with Crippen molar-refractivity contribution in [2.24, 2.45) is 0 Å². The summed E-state index contributed by atoms with van der Waals surface area (Å²) in [5.74, 6) is 17.2. The van der Waals surface area contributed by atoms with Crippen molar-refractivity contribution in [2.45, 2.75) is 13.8 Å². The van der Waals surface area contributed by atoms with E-state index >= 15 is 0 Å². The summed E-state index contributed by atoms with van der Waals surface area (Å²) >= 11 is 0. The summed E-state index contributed by atoms with van der Waals surface area (Å²) in [6.45, 7) is 3.49. The number of rotatable bonds is 5. The fourth-order valence-electron chi connectivity index (χ4n) is 5.43. The molecule has 6 rings (SSSR count). The molecule has 0 aromatic heterocycles. The molecule has 0 bridgehead atoms. The summed E-state index contributed by atoms with van der Waals surface area (Å²) in [5.41, 5.74) is 6.43. The van der Waals surface area contributed by atoms with Crippen LogP contribution in [0.2, 0.25) is 0 Å². The largest absolute Gasteiger partial charge is 0.495 e. The van der Waals surface area contributed by atoms with Crippen molar-refractivity contribution in [3.8, 4) is 80.4 Å². The van der Waals surface area contributed by atoms with E-state index in [-0.39, 0.29) is 0 Å². The maximum atomic E-state index is 6.23. The molecule has 212 valence electrons. The Bertz CT molecular complexity index is 1960. The van der Waals surface area contributed by atoms with E-state index in [1.807, 2.05) is 12.1 Å². The summed E-state index contributed by atoms with van der Waals surface area (Å²) in [6, 6.07) is 42.3. The van der Waals surface area contributed by atoms with Gasteiger partial charge < -0.3 is 9.47 Å². The predicted molar refractivity (Wildman–Crippen MR) is 186 cm³/mol. The lowest BCUT2D eigenvalue weighted by molar-refractivity contribution is 0.413. The monoisotopic (exact) mass is 568 g/mol. The Morgan fingerprint density at radius 1 is 0.432 bits per heavy atom. The topological polar surface area (TPSA) is 18.5 Å². The number of fused-ring (bicyclic) bond motifs is 2. The third-order valence-corrected chi connectivity index (χ3v) is 7.27. The first-order valence-corrected chi connectivity index (χ1v) is 14.4. The molecule has 6 aromatic carbocycles. The van der Waals surface area contributed by atoms with E-state index in [9.17, 15) is 0 Å². The molecule has 0 N–H and O–H groups in total. The van der Waals surface area contributed by atoms with Gasteiger partial charge in [-0.1, -0.05) is 121 Å². The molecular weight excluding hydrogens is 536 g/mol. The van der Waals surface area contributed by atoms with E-state index in [1.54, 1.807) is 28.1 Å².